The molecule has 0 amide bonds. The van der Waals surface area contributed by atoms with Crippen LogP contribution in [0.5, 0.6) is 0 Å². The average molecular weight is 295 g/mol. The summed E-state index contributed by atoms with van der Waals surface area (Å²) in [6, 6.07) is 0. The molecule has 0 aliphatic rings. The lowest BCUT2D eigenvalue weighted by atomic mass is 9.98. The molecule has 2 N–H and O–H groups in total. The zero-order chi connectivity index (χ0) is 14.2. The Balaban J connectivity index is 2.67. The van der Waals surface area contributed by atoms with E-state index < -0.39 is 0 Å². The number of nitrogen functional groups attached to an aromatic ring is 1. The molecule has 2 aromatic heterocycles. The molecule has 5 heteroatoms. The summed E-state index contributed by atoms with van der Waals surface area (Å²) in [4.78, 5) is 13.4. The third-order valence-electron chi connectivity index (χ3n) is 3.03. The standard InChI is InChI=1S/C14H17NO2S2/c1-7(2)10-11(15)13(14(16)17-4)19-12(10)9-6-18-5-8(9)3/h5-7H,15H2,1-4H3. The quantitative estimate of drug-likeness (QED) is 0.860. The van der Waals surface area contributed by atoms with Gasteiger partial charge in [0, 0.05) is 10.4 Å². The molecule has 0 unspecified atom stereocenters. The normalized spacial score (nSPS) is 11.0. The first-order valence-electron chi connectivity index (χ1n) is 6.01. The fraction of sp³-hybridized carbons (Fsp3) is 0.357. The predicted molar refractivity (Wildman–Crippen MR) is 82.2 cm³/mol. The summed E-state index contributed by atoms with van der Waals surface area (Å²) in [5.74, 6) is -0.0903. The van der Waals surface area contributed by atoms with Crippen LogP contribution >= 0.6 is 22.7 Å². The molecule has 0 aliphatic carbocycles. The van der Waals surface area contributed by atoms with Crippen molar-refractivity contribution in [1.29, 1.82) is 0 Å². The highest BCUT2D eigenvalue weighted by Crippen LogP contribution is 2.44. The summed E-state index contributed by atoms with van der Waals surface area (Å²) in [6.07, 6.45) is 0. The number of thiophene rings is 2. The Morgan fingerprint density at radius 3 is 2.53 bits per heavy atom. The number of aryl methyl sites for hydroxylation is 1. The number of hydrogen-bond donors (Lipinski definition) is 1. The number of rotatable bonds is 3. The van der Waals surface area contributed by atoms with Gasteiger partial charge in [0.2, 0.25) is 0 Å². The zero-order valence-corrected chi connectivity index (χ0v) is 13.1. The van der Waals surface area contributed by atoms with Crippen LogP contribution in [-0.2, 0) is 4.74 Å². The third kappa shape index (κ3) is 2.40. The van der Waals surface area contributed by atoms with Crippen LogP contribution in [-0.4, -0.2) is 13.1 Å². The topological polar surface area (TPSA) is 52.3 Å². The van der Waals surface area contributed by atoms with Crippen LogP contribution < -0.4 is 5.73 Å². The second-order valence-electron chi connectivity index (χ2n) is 4.70. The number of carbonyl (C=O) groups is 1. The molecule has 0 radical (unpaired) electrons. The van der Waals surface area contributed by atoms with Crippen LogP contribution in [0.3, 0.4) is 0 Å². The molecule has 2 rings (SSSR count). The van der Waals surface area contributed by atoms with E-state index in [4.69, 9.17) is 10.5 Å². The van der Waals surface area contributed by atoms with Crippen LogP contribution in [0.4, 0.5) is 5.69 Å². The minimum absolute atomic E-state index is 0.268. The Hall–Kier alpha value is -1.33. The highest BCUT2D eigenvalue weighted by molar-refractivity contribution is 7.18. The molecule has 2 aromatic rings. The number of carbonyl (C=O) groups excluding carboxylic acids is 1. The molecule has 0 saturated heterocycles. The molecule has 2 heterocycles. The van der Waals surface area contributed by atoms with Gasteiger partial charge in [-0.1, -0.05) is 13.8 Å². The highest BCUT2D eigenvalue weighted by Gasteiger charge is 2.24. The van der Waals surface area contributed by atoms with Gasteiger partial charge in [-0.25, -0.2) is 4.79 Å². The average Bonchev–Trinajstić information content (AvgIpc) is 2.91. The summed E-state index contributed by atoms with van der Waals surface area (Å²) < 4.78 is 4.81. The maximum atomic E-state index is 11.8. The summed E-state index contributed by atoms with van der Waals surface area (Å²) in [5, 5.41) is 4.21. The Kier molecular flexibility index (Phi) is 3.96. The van der Waals surface area contributed by atoms with Crippen molar-refractivity contribution in [3.8, 4) is 10.4 Å². The van der Waals surface area contributed by atoms with Crippen molar-refractivity contribution in [2.45, 2.75) is 26.7 Å². The van der Waals surface area contributed by atoms with E-state index in [1.54, 1.807) is 11.3 Å². The maximum Gasteiger partial charge on any atom is 0.350 e. The van der Waals surface area contributed by atoms with Crippen molar-refractivity contribution >= 4 is 34.3 Å². The van der Waals surface area contributed by atoms with Crippen LogP contribution in [0.1, 0.15) is 40.6 Å². The fourth-order valence-electron chi connectivity index (χ4n) is 2.07. The van der Waals surface area contributed by atoms with Gasteiger partial charge < -0.3 is 10.5 Å². The van der Waals surface area contributed by atoms with Crippen LogP contribution in [0.15, 0.2) is 10.8 Å². The van der Waals surface area contributed by atoms with Gasteiger partial charge in [0.25, 0.3) is 0 Å². The minimum Gasteiger partial charge on any atom is -0.465 e. The lowest BCUT2D eigenvalue weighted by molar-refractivity contribution is 0.0607. The molecule has 0 aromatic carbocycles. The Morgan fingerprint density at radius 2 is 2.05 bits per heavy atom. The number of anilines is 1. The second-order valence-corrected chi connectivity index (χ2v) is 6.47. The number of esters is 1. The molecule has 0 bridgehead atoms. The molecule has 0 aliphatic heterocycles. The molecular weight excluding hydrogens is 278 g/mol. The maximum absolute atomic E-state index is 11.8. The highest BCUT2D eigenvalue weighted by atomic mass is 32.1. The van der Waals surface area contributed by atoms with Crippen molar-refractivity contribution in [1.82, 2.24) is 0 Å². The van der Waals surface area contributed by atoms with Gasteiger partial charge in [0.1, 0.15) is 4.88 Å². The van der Waals surface area contributed by atoms with Crippen molar-refractivity contribution in [2.24, 2.45) is 0 Å². The smallest absolute Gasteiger partial charge is 0.350 e. The predicted octanol–water partition coefficient (Wildman–Crippen LogP) is 4.28. The number of methoxy groups -OCH3 is 1. The van der Waals surface area contributed by atoms with E-state index in [9.17, 15) is 4.79 Å². The Morgan fingerprint density at radius 1 is 1.37 bits per heavy atom. The van der Waals surface area contributed by atoms with Gasteiger partial charge in [-0.15, -0.1) is 11.3 Å². The third-order valence-corrected chi connectivity index (χ3v) is 5.13. The van der Waals surface area contributed by atoms with Gasteiger partial charge in [-0.2, -0.15) is 11.3 Å². The second kappa shape index (κ2) is 5.35. The van der Waals surface area contributed by atoms with Crippen molar-refractivity contribution < 1.29 is 9.53 Å². The lowest BCUT2D eigenvalue weighted by Gasteiger charge is -2.08. The summed E-state index contributed by atoms with van der Waals surface area (Å²) in [5.41, 5.74) is 10.1. The largest absolute Gasteiger partial charge is 0.465 e. The van der Waals surface area contributed by atoms with E-state index >= 15 is 0 Å². The van der Waals surface area contributed by atoms with Gasteiger partial charge >= 0.3 is 5.97 Å². The number of ether oxygens (including phenoxy) is 1. The zero-order valence-electron chi connectivity index (χ0n) is 11.4. The van der Waals surface area contributed by atoms with Crippen LogP contribution in [0, 0.1) is 6.92 Å². The van der Waals surface area contributed by atoms with E-state index in [1.807, 2.05) is 0 Å². The number of hydrogen-bond acceptors (Lipinski definition) is 5. The van der Waals surface area contributed by atoms with Crippen LogP contribution in [0.25, 0.3) is 10.4 Å². The van der Waals surface area contributed by atoms with Crippen LogP contribution in [0.2, 0.25) is 0 Å². The van der Waals surface area contributed by atoms with E-state index in [2.05, 4.69) is 31.5 Å². The van der Waals surface area contributed by atoms with Gasteiger partial charge in [-0.05, 0) is 34.7 Å². The first-order valence-corrected chi connectivity index (χ1v) is 7.76. The molecule has 19 heavy (non-hydrogen) atoms. The minimum atomic E-state index is -0.358. The molecule has 0 atom stereocenters. The molecule has 3 nitrogen and oxygen atoms in total. The van der Waals surface area contributed by atoms with Gasteiger partial charge in [-0.3, -0.25) is 0 Å². The first kappa shape index (κ1) is 14.1. The van der Waals surface area contributed by atoms with E-state index in [0.717, 1.165) is 10.4 Å². The van der Waals surface area contributed by atoms with Crippen molar-refractivity contribution in [3.63, 3.8) is 0 Å². The van der Waals surface area contributed by atoms with Crippen molar-refractivity contribution in [3.05, 3.63) is 26.8 Å². The SMILES string of the molecule is COC(=O)c1sc(-c2cscc2C)c(C(C)C)c1N. The first-order chi connectivity index (χ1) is 8.97. The lowest BCUT2D eigenvalue weighted by Crippen LogP contribution is -2.03. The molecule has 102 valence electrons. The molecule has 0 spiro atoms. The Labute approximate surface area is 121 Å². The van der Waals surface area contributed by atoms with E-state index in [-0.39, 0.29) is 11.9 Å². The summed E-state index contributed by atoms with van der Waals surface area (Å²) in [7, 11) is 1.38. The number of nitrogens with two attached hydrogens (primary N) is 1. The molecule has 0 saturated carbocycles. The molecular formula is C14H17NO2S2. The monoisotopic (exact) mass is 295 g/mol. The summed E-state index contributed by atoms with van der Waals surface area (Å²) >= 11 is 3.09. The van der Waals surface area contributed by atoms with Gasteiger partial charge in [0.15, 0.2) is 0 Å². The molecule has 0 fully saturated rings. The van der Waals surface area contributed by atoms with E-state index in [0.29, 0.717) is 10.6 Å². The van der Waals surface area contributed by atoms with Gasteiger partial charge in [0.05, 0.1) is 12.8 Å². The fourth-order valence-corrected chi connectivity index (χ4v) is 4.36. The van der Waals surface area contributed by atoms with E-state index in [1.165, 1.54) is 29.6 Å². The summed E-state index contributed by atoms with van der Waals surface area (Å²) in [6.45, 7) is 6.25. The Bertz CT molecular complexity index is 611. The van der Waals surface area contributed by atoms with Crippen molar-refractivity contribution in [2.75, 3.05) is 12.8 Å².